The Balaban J connectivity index is 1.23. The summed E-state index contributed by atoms with van der Waals surface area (Å²) < 4.78 is 26.9. The lowest BCUT2D eigenvalue weighted by molar-refractivity contribution is 0.0384. The number of nitrogens with one attached hydrogen (secondary N) is 2. The van der Waals surface area contributed by atoms with Crippen LogP contribution in [0.1, 0.15) is 41.1 Å². The van der Waals surface area contributed by atoms with Gasteiger partial charge in [-0.1, -0.05) is 17.7 Å². The number of nitrogens with zero attached hydrogens (tertiary/aromatic N) is 4. The predicted octanol–water partition coefficient (Wildman–Crippen LogP) is 5.34. The molecule has 1 saturated heterocycles. The number of aryl methyl sites for hydroxylation is 1. The average Bonchev–Trinajstić information content (AvgIpc) is 3.36. The molecular weight excluding hydrogens is 519 g/mol. The fourth-order valence-electron chi connectivity index (χ4n) is 4.69. The molecule has 0 radical (unpaired) electrons. The summed E-state index contributed by atoms with van der Waals surface area (Å²) in [6, 6.07) is 9.20. The highest BCUT2D eigenvalue weighted by Crippen LogP contribution is 2.32. The van der Waals surface area contributed by atoms with Gasteiger partial charge in [-0.25, -0.2) is 4.39 Å². The molecule has 1 fully saturated rings. The molecule has 0 saturated carbocycles. The fourth-order valence-corrected chi connectivity index (χ4v) is 5.05. The number of hydrogen-bond donors (Lipinski definition) is 2. The number of benzene rings is 1. The molecule has 39 heavy (non-hydrogen) atoms. The van der Waals surface area contributed by atoms with Crippen molar-refractivity contribution in [1.82, 2.24) is 30.4 Å². The van der Waals surface area contributed by atoms with Gasteiger partial charge in [-0.05, 0) is 55.3 Å². The van der Waals surface area contributed by atoms with Crippen LogP contribution in [0.25, 0.3) is 22.8 Å². The number of fused-ring (bicyclic) bond motifs is 1. The Bertz CT molecular complexity index is 1420. The summed E-state index contributed by atoms with van der Waals surface area (Å²) in [6.45, 7) is 9.94. The van der Waals surface area contributed by atoms with Crippen LogP contribution < -0.4 is 10.1 Å². The minimum Gasteiger partial charge on any atom is -0.486 e. The van der Waals surface area contributed by atoms with Crippen molar-refractivity contribution < 1.29 is 13.9 Å². The van der Waals surface area contributed by atoms with E-state index >= 15 is 4.39 Å². The predicted molar refractivity (Wildman–Crippen MR) is 151 cm³/mol. The molecule has 3 aromatic heterocycles. The molecule has 2 N–H and O–H groups in total. The Labute approximate surface area is 232 Å². The van der Waals surface area contributed by atoms with Crippen molar-refractivity contribution in [3.05, 3.63) is 82.0 Å². The Hall–Kier alpha value is -3.37. The second-order valence-corrected chi connectivity index (χ2v) is 10.0. The van der Waals surface area contributed by atoms with Gasteiger partial charge in [0.05, 0.1) is 29.4 Å². The van der Waals surface area contributed by atoms with E-state index in [4.69, 9.17) is 21.1 Å². The van der Waals surface area contributed by atoms with Gasteiger partial charge in [-0.2, -0.15) is 5.10 Å². The third-order valence-electron chi connectivity index (χ3n) is 6.77. The summed E-state index contributed by atoms with van der Waals surface area (Å²) in [5.41, 5.74) is 4.30. The Morgan fingerprint density at radius 1 is 1.23 bits per heavy atom. The number of halogens is 2. The molecule has 4 aromatic rings. The topological polar surface area (TPSA) is 88.2 Å². The van der Waals surface area contributed by atoms with Crippen molar-refractivity contribution in [1.29, 1.82) is 0 Å². The number of rotatable bonds is 10. The Kier molecular flexibility index (Phi) is 8.83. The number of aromatic amines is 1. The largest absolute Gasteiger partial charge is 0.486 e. The van der Waals surface area contributed by atoms with Gasteiger partial charge in [0.2, 0.25) is 0 Å². The molecule has 5 rings (SSSR count). The standard InChI is InChI=1S/C29H32ClFN6O2/c1-19-15-33-18-25(30)28(19)20(2)39-23-5-6-27-24(14-23)29(36-35-27)26(31)13-21-3-4-22(34-16-21)17-32-7-8-37-9-11-38-12-10-37/h3-6,13-16,18,20,32H,7-12,17H2,1-2H3,(H,35,36)/b26-13-. The molecule has 0 spiro atoms. The number of ether oxygens (including phenoxy) is 2. The van der Waals surface area contributed by atoms with Gasteiger partial charge in [-0.3, -0.25) is 20.0 Å². The second-order valence-electron chi connectivity index (χ2n) is 9.60. The van der Waals surface area contributed by atoms with Crippen molar-refractivity contribution >= 4 is 34.4 Å². The smallest absolute Gasteiger partial charge is 0.151 e. The highest BCUT2D eigenvalue weighted by Gasteiger charge is 2.17. The van der Waals surface area contributed by atoms with Gasteiger partial charge in [-0.15, -0.1) is 0 Å². The number of aromatic nitrogens is 4. The third-order valence-corrected chi connectivity index (χ3v) is 7.07. The van der Waals surface area contributed by atoms with E-state index in [1.54, 1.807) is 24.7 Å². The van der Waals surface area contributed by atoms with Gasteiger partial charge in [0.15, 0.2) is 5.83 Å². The zero-order chi connectivity index (χ0) is 27.2. The molecule has 4 heterocycles. The van der Waals surface area contributed by atoms with Crippen LogP contribution in [-0.4, -0.2) is 64.5 Å². The van der Waals surface area contributed by atoms with Crippen molar-refractivity contribution in [2.24, 2.45) is 0 Å². The van der Waals surface area contributed by atoms with Crippen molar-refractivity contribution in [3.63, 3.8) is 0 Å². The molecule has 0 bridgehead atoms. The number of morpholine rings is 1. The van der Waals surface area contributed by atoms with Gasteiger partial charge in [0.25, 0.3) is 0 Å². The van der Waals surface area contributed by atoms with Crippen LogP contribution >= 0.6 is 11.6 Å². The first-order chi connectivity index (χ1) is 19.0. The van der Waals surface area contributed by atoms with E-state index in [1.807, 2.05) is 38.1 Å². The van der Waals surface area contributed by atoms with Crippen LogP contribution in [0, 0.1) is 6.92 Å². The van der Waals surface area contributed by atoms with E-state index in [2.05, 4.69) is 30.4 Å². The molecule has 10 heteroatoms. The van der Waals surface area contributed by atoms with E-state index in [9.17, 15) is 0 Å². The van der Waals surface area contributed by atoms with E-state index < -0.39 is 5.83 Å². The van der Waals surface area contributed by atoms with Crippen molar-refractivity contribution in [2.75, 3.05) is 39.4 Å². The van der Waals surface area contributed by atoms with E-state index in [0.29, 0.717) is 33.8 Å². The van der Waals surface area contributed by atoms with E-state index in [1.165, 1.54) is 6.08 Å². The first-order valence-electron chi connectivity index (χ1n) is 13.1. The zero-order valence-electron chi connectivity index (χ0n) is 22.1. The van der Waals surface area contributed by atoms with Crippen molar-refractivity contribution in [3.8, 4) is 5.75 Å². The molecule has 8 nitrogen and oxygen atoms in total. The number of pyridine rings is 2. The molecule has 1 aromatic carbocycles. The maximum absolute atomic E-state index is 15.3. The van der Waals surface area contributed by atoms with Gasteiger partial charge in [0.1, 0.15) is 17.5 Å². The summed E-state index contributed by atoms with van der Waals surface area (Å²) in [6.07, 6.45) is 6.15. The molecule has 1 aliphatic heterocycles. The average molecular weight is 551 g/mol. The van der Waals surface area contributed by atoms with Crippen molar-refractivity contribution in [2.45, 2.75) is 26.5 Å². The molecule has 0 aliphatic carbocycles. The fraction of sp³-hybridized carbons (Fsp3) is 0.345. The highest BCUT2D eigenvalue weighted by atomic mass is 35.5. The maximum atomic E-state index is 15.3. The van der Waals surface area contributed by atoms with Crippen LogP contribution in [0.2, 0.25) is 5.02 Å². The van der Waals surface area contributed by atoms with Crippen LogP contribution in [0.3, 0.4) is 0 Å². The lowest BCUT2D eigenvalue weighted by atomic mass is 10.1. The van der Waals surface area contributed by atoms with Crippen LogP contribution in [-0.2, 0) is 11.3 Å². The summed E-state index contributed by atoms with van der Waals surface area (Å²) in [4.78, 5) is 11.0. The molecule has 1 atom stereocenters. The van der Waals surface area contributed by atoms with Crippen LogP contribution in [0.4, 0.5) is 4.39 Å². The Morgan fingerprint density at radius 3 is 2.85 bits per heavy atom. The van der Waals surface area contributed by atoms with E-state index in [-0.39, 0.29) is 11.8 Å². The van der Waals surface area contributed by atoms with E-state index in [0.717, 1.165) is 56.2 Å². The van der Waals surface area contributed by atoms with Gasteiger partial charge in [0, 0.05) is 62.3 Å². The second kappa shape index (κ2) is 12.7. The Morgan fingerprint density at radius 2 is 2.08 bits per heavy atom. The normalized spacial score (nSPS) is 15.5. The molecule has 0 amide bonds. The number of hydrogen-bond acceptors (Lipinski definition) is 7. The van der Waals surface area contributed by atoms with Crippen LogP contribution in [0.5, 0.6) is 5.75 Å². The first-order valence-corrected chi connectivity index (χ1v) is 13.4. The van der Waals surface area contributed by atoms with Gasteiger partial charge < -0.3 is 14.8 Å². The summed E-state index contributed by atoms with van der Waals surface area (Å²) >= 11 is 6.35. The first kappa shape index (κ1) is 27.2. The monoisotopic (exact) mass is 550 g/mol. The third kappa shape index (κ3) is 6.80. The van der Waals surface area contributed by atoms with Crippen LogP contribution in [0.15, 0.2) is 48.9 Å². The molecular formula is C29H32ClFN6O2. The summed E-state index contributed by atoms with van der Waals surface area (Å²) in [5.74, 6) is 0.127. The lowest BCUT2D eigenvalue weighted by Crippen LogP contribution is -2.40. The minimum absolute atomic E-state index is 0.218. The SMILES string of the molecule is Cc1cncc(Cl)c1C(C)Oc1ccc2[nH]nc(/C(F)=C/c3ccc(CNCCN4CCOCC4)nc3)c2c1. The zero-order valence-corrected chi connectivity index (χ0v) is 22.8. The quantitative estimate of drug-likeness (QED) is 0.257. The number of H-pyrrole nitrogens is 1. The van der Waals surface area contributed by atoms with Gasteiger partial charge >= 0.3 is 0 Å². The minimum atomic E-state index is -0.461. The molecule has 1 unspecified atom stereocenters. The molecule has 204 valence electrons. The molecule has 1 aliphatic rings. The maximum Gasteiger partial charge on any atom is 0.151 e. The highest BCUT2D eigenvalue weighted by molar-refractivity contribution is 6.31. The summed E-state index contributed by atoms with van der Waals surface area (Å²) in [7, 11) is 0. The lowest BCUT2D eigenvalue weighted by Gasteiger charge is -2.26. The summed E-state index contributed by atoms with van der Waals surface area (Å²) in [5, 5.41) is 11.7.